The van der Waals surface area contributed by atoms with Crippen molar-refractivity contribution in [3.8, 4) is 0 Å². The molecule has 0 radical (unpaired) electrons. The summed E-state index contributed by atoms with van der Waals surface area (Å²) < 4.78 is 5.22. The van der Waals surface area contributed by atoms with Gasteiger partial charge < -0.3 is 15.4 Å². The SMILES string of the molecule is COCC1(CNC(=O)c2ccn[nH]2)CCCN1. The van der Waals surface area contributed by atoms with Crippen LogP contribution >= 0.6 is 0 Å². The molecule has 1 aromatic heterocycles. The molecule has 1 aliphatic rings. The minimum atomic E-state index is -0.133. The van der Waals surface area contributed by atoms with Crippen molar-refractivity contribution in [2.75, 3.05) is 26.8 Å². The van der Waals surface area contributed by atoms with Crippen LogP contribution in [0.3, 0.4) is 0 Å². The predicted molar refractivity (Wildman–Crippen MR) is 62.8 cm³/mol. The number of hydrogen-bond donors (Lipinski definition) is 3. The van der Waals surface area contributed by atoms with Gasteiger partial charge in [0.15, 0.2) is 0 Å². The van der Waals surface area contributed by atoms with Gasteiger partial charge in [-0.2, -0.15) is 5.10 Å². The van der Waals surface area contributed by atoms with Crippen LogP contribution in [0.5, 0.6) is 0 Å². The Morgan fingerprint density at radius 1 is 1.71 bits per heavy atom. The van der Waals surface area contributed by atoms with Gasteiger partial charge in [0.1, 0.15) is 5.69 Å². The zero-order chi connectivity index (χ0) is 12.1. The lowest BCUT2D eigenvalue weighted by Gasteiger charge is -2.28. The highest BCUT2D eigenvalue weighted by Gasteiger charge is 2.33. The standard InChI is InChI=1S/C11H18N4O2/c1-17-8-11(4-2-5-13-11)7-12-10(16)9-3-6-14-15-9/h3,6,13H,2,4-5,7-8H2,1H3,(H,12,16)(H,14,15). The van der Waals surface area contributed by atoms with Gasteiger partial charge >= 0.3 is 0 Å². The van der Waals surface area contributed by atoms with Gasteiger partial charge in [-0.05, 0) is 25.5 Å². The smallest absolute Gasteiger partial charge is 0.269 e. The number of carbonyl (C=O) groups is 1. The van der Waals surface area contributed by atoms with Crippen LogP contribution in [0, 0.1) is 0 Å². The van der Waals surface area contributed by atoms with Crippen LogP contribution in [0.15, 0.2) is 12.3 Å². The van der Waals surface area contributed by atoms with E-state index in [-0.39, 0.29) is 11.4 Å². The zero-order valence-electron chi connectivity index (χ0n) is 9.95. The van der Waals surface area contributed by atoms with Crippen molar-refractivity contribution < 1.29 is 9.53 Å². The molecule has 0 aliphatic carbocycles. The van der Waals surface area contributed by atoms with Gasteiger partial charge in [0, 0.05) is 19.9 Å². The van der Waals surface area contributed by atoms with Gasteiger partial charge in [-0.15, -0.1) is 0 Å². The van der Waals surface area contributed by atoms with Crippen molar-refractivity contribution in [3.05, 3.63) is 18.0 Å². The van der Waals surface area contributed by atoms with Crippen molar-refractivity contribution in [1.82, 2.24) is 20.8 Å². The Morgan fingerprint density at radius 2 is 2.59 bits per heavy atom. The van der Waals surface area contributed by atoms with Crippen molar-refractivity contribution >= 4 is 5.91 Å². The van der Waals surface area contributed by atoms with Gasteiger partial charge in [0.05, 0.1) is 12.1 Å². The Kier molecular flexibility index (Phi) is 3.75. The average molecular weight is 238 g/mol. The van der Waals surface area contributed by atoms with E-state index >= 15 is 0 Å². The van der Waals surface area contributed by atoms with Gasteiger partial charge in [-0.3, -0.25) is 9.89 Å². The second kappa shape index (κ2) is 5.29. The number of nitrogens with zero attached hydrogens (tertiary/aromatic N) is 1. The Bertz CT molecular complexity index is 358. The Balaban J connectivity index is 1.89. The van der Waals surface area contributed by atoms with Crippen LogP contribution in [0.1, 0.15) is 23.3 Å². The second-order valence-corrected chi connectivity index (χ2v) is 4.40. The summed E-state index contributed by atoms with van der Waals surface area (Å²) in [5.74, 6) is -0.133. The Labute approximate surface area is 100 Å². The third-order valence-electron chi connectivity index (χ3n) is 3.09. The number of carbonyl (C=O) groups excluding carboxylic acids is 1. The molecular weight excluding hydrogens is 220 g/mol. The number of aromatic amines is 1. The molecule has 2 rings (SSSR count). The van der Waals surface area contributed by atoms with E-state index in [0.717, 1.165) is 19.4 Å². The molecule has 1 aromatic rings. The van der Waals surface area contributed by atoms with Crippen molar-refractivity contribution in [2.45, 2.75) is 18.4 Å². The monoisotopic (exact) mass is 238 g/mol. The van der Waals surface area contributed by atoms with E-state index in [1.807, 2.05) is 0 Å². The first-order chi connectivity index (χ1) is 8.26. The number of rotatable bonds is 5. The van der Waals surface area contributed by atoms with E-state index in [0.29, 0.717) is 18.8 Å². The fourth-order valence-electron chi connectivity index (χ4n) is 2.20. The molecule has 6 nitrogen and oxygen atoms in total. The molecule has 2 heterocycles. The fraction of sp³-hybridized carbons (Fsp3) is 0.636. The highest BCUT2D eigenvalue weighted by atomic mass is 16.5. The van der Waals surface area contributed by atoms with E-state index in [9.17, 15) is 4.79 Å². The maximum atomic E-state index is 11.8. The number of nitrogens with one attached hydrogen (secondary N) is 3. The fourth-order valence-corrected chi connectivity index (χ4v) is 2.20. The third kappa shape index (κ3) is 2.83. The normalized spacial score (nSPS) is 23.8. The molecule has 0 saturated carbocycles. The minimum absolute atomic E-state index is 0.121. The van der Waals surface area contributed by atoms with E-state index in [4.69, 9.17) is 4.74 Å². The number of aromatic nitrogens is 2. The van der Waals surface area contributed by atoms with Crippen LogP contribution < -0.4 is 10.6 Å². The molecule has 3 N–H and O–H groups in total. The molecular formula is C11H18N4O2. The maximum Gasteiger partial charge on any atom is 0.269 e. The molecule has 1 fully saturated rings. The summed E-state index contributed by atoms with van der Waals surface area (Å²) in [5, 5.41) is 12.7. The molecule has 0 spiro atoms. The van der Waals surface area contributed by atoms with E-state index in [2.05, 4.69) is 20.8 Å². The molecule has 0 bridgehead atoms. The summed E-state index contributed by atoms with van der Waals surface area (Å²) in [4.78, 5) is 11.8. The Morgan fingerprint density at radius 3 is 3.18 bits per heavy atom. The molecule has 17 heavy (non-hydrogen) atoms. The summed E-state index contributed by atoms with van der Waals surface area (Å²) in [5.41, 5.74) is 0.361. The number of amides is 1. The number of H-pyrrole nitrogens is 1. The molecule has 0 aromatic carbocycles. The van der Waals surface area contributed by atoms with Crippen LogP contribution in [0.4, 0.5) is 0 Å². The highest BCUT2D eigenvalue weighted by Crippen LogP contribution is 2.18. The summed E-state index contributed by atoms with van der Waals surface area (Å²) in [7, 11) is 1.68. The average Bonchev–Trinajstić information content (AvgIpc) is 2.98. The van der Waals surface area contributed by atoms with Crippen LogP contribution in [0.2, 0.25) is 0 Å². The molecule has 6 heteroatoms. The molecule has 1 aliphatic heterocycles. The lowest BCUT2D eigenvalue weighted by molar-refractivity contribution is 0.0887. The highest BCUT2D eigenvalue weighted by molar-refractivity contribution is 5.92. The predicted octanol–water partition coefficient (Wildman–Crippen LogP) is -0.0919. The molecule has 94 valence electrons. The van der Waals surface area contributed by atoms with Crippen LogP contribution in [-0.2, 0) is 4.74 Å². The van der Waals surface area contributed by atoms with E-state index < -0.39 is 0 Å². The summed E-state index contributed by atoms with van der Waals surface area (Å²) >= 11 is 0. The lowest BCUT2D eigenvalue weighted by atomic mass is 9.98. The molecule has 1 unspecified atom stereocenters. The van der Waals surface area contributed by atoms with Crippen molar-refractivity contribution in [1.29, 1.82) is 0 Å². The quantitative estimate of drug-likeness (QED) is 0.670. The van der Waals surface area contributed by atoms with Gasteiger partial charge in [0.25, 0.3) is 5.91 Å². The Hall–Kier alpha value is -1.40. The molecule has 1 saturated heterocycles. The second-order valence-electron chi connectivity index (χ2n) is 4.40. The summed E-state index contributed by atoms with van der Waals surface area (Å²) in [6.45, 7) is 2.15. The molecule has 1 amide bonds. The first kappa shape index (κ1) is 12.1. The van der Waals surface area contributed by atoms with Crippen molar-refractivity contribution in [2.24, 2.45) is 0 Å². The number of methoxy groups -OCH3 is 1. The summed E-state index contributed by atoms with van der Waals surface area (Å²) in [6, 6.07) is 1.65. The van der Waals surface area contributed by atoms with Crippen molar-refractivity contribution in [3.63, 3.8) is 0 Å². The topological polar surface area (TPSA) is 79.0 Å². The van der Waals surface area contributed by atoms with Crippen LogP contribution in [-0.4, -0.2) is 48.4 Å². The first-order valence-electron chi connectivity index (χ1n) is 5.77. The minimum Gasteiger partial charge on any atom is -0.383 e. The lowest BCUT2D eigenvalue weighted by Crippen LogP contribution is -2.53. The number of hydrogen-bond acceptors (Lipinski definition) is 4. The largest absolute Gasteiger partial charge is 0.383 e. The third-order valence-corrected chi connectivity index (χ3v) is 3.09. The first-order valence-corrected chi connectivity index (χ1v) is 5.77. The number of ether oxygens (including phenoxy) is 1. The van der Waals surface area contributed by atoms with E-state index in [1.54, 1.807) is 19.4 Å². The van der Waals surface area contributed by atoms with Gasteiger partial charge in [0.2, 0.25) is 0 Å². The maximum absolute atomic E-state index is 11.8. The van der Waals surface area contributed by atoms with Crippen LogP contribution in [0.25, 0.3) is 0 Å². The summed E-state index contributed by atoms with van der Waals surface area (Å²) in [6.07, 6.45) is 3.70. The van der Waals surface area contributed by atoms with Gasteiger partial charge in [-0.1, -0.05) is 0 Å². The zero-order valence-corrected chi connectivity index (χ0v) is 9.95. The molecule has 1 atom stereocenters. The van der Waals surface area contributed by atoms with E-state index in [1.165, 1.54) is 0 Å². The van der Waals surface area contributed by atoms with Gasteiger partial charge in [-0.25, -0.2) is 0 Å².